The number of benzene rings is 1. The quantitative estimate of drug-likeness (QED) is 0.744. The number of carbonyl (C=O) groups excluding carboxylic acids is 1. The van der Waals surface area contributed by atoms with Crippen LogP contribution in [-0.4, -0.2) is 27.1 Å². The molecule has 3 rings (SSSR count). The second-order valence-corrected chi connectivity index (χ2v) is 6.97. The number of amides is 1. The summed E-state index contributed by atoms with van der Waals surface area (Å²) < 4.78 is 2.26. The molecule has 0 radical (unpaired) electrons. The number of likely N-dealkylation sites (N-methyl/N-ethyl adjacent to an activating group) is 1. The molecule has 5 heteroatoms. The molecule has 0 atom stereocenters. The van der Waals surface area contributed by atoms with Gasteiger partial charge in [0.25, 0.3) is 5.91 Å². The minimum absolute atomic E-state index is 0.0310. The van der Waals surface area contributed by atoms with Crippen molar-refractivity contribution in [1.29, 1.82) is 0 Å². The summed E-state index contributed by atoms with van der Waals surface area (Å²) in [4.78, 5) is 19.9. The van der Waals surface area contributed by atoms with E-state index in [1.54, 1.807) is 4.90 Å². The predicted octanol–water partition coefficient (Wildman–Crippen LogP) is 4.75. The number of aryl methyl sites for hydroxylation is 1. The summed E-state index contributed by atoms with van der Waals surface area (Å²) in [5, 5.41) is 0.745. The zero-order chi connectivity index (χ0) is 18.0. The van der Waals surface area contributed by atoms with Gasteiger partial charge in [-0.1, -0.05) is 18.2 Å². The number of hydrogen-bond acceptors (Lipinski definition) is 3. The maximum atomic E-state index is 12.8. The van der Waals surface area contributed by atoms with E-state index in [-0.39, 0.29) is 5.91 Å². The maximum Gasteiger partial charge on any atom is 0.266 e. The number of rotatable bonds is 4. The van der Waals surface area contributed by atoms with Crippen LogP contribution in [0.15, 0.2) is 46.3 Å². The van der Waals surface area contributed by atoms with E-state index in [4.69, 9.17) is 0 Å². The number of carbonyl (C=O) groups is 1. The minimum Gasteiger partial charge on any atom is -0.349 e. The van der Waals surface area contributed by atoms with Gasteiger partial charge in [0.05, 0.1) is 10.6 Å². The number of para-hydroxylation sites is 1. The van der Waals surface area contributed by atoms with Crippen molar-refractivity contribution in [1.82, 2.24) is 9.47 Å². The third kappa shape index (κ3) is 3.42. The summed E-state index contributed by atoms with van der Waals surface area (Å²) in [6, 6.07) is 11.9. The van der Waals surface area contributed by atoms with E-state index in [0.717, 1.165) is 27.9 Å². The third-order valence-electron chi connectivity index (χ3n) is 4.40. The summed E-state index contributed by atoms with van der Waals surface area (Å²) in [7, 11) is 0. The van der Waals surface area contributed by atoms with Gasteiger partial charge < -0.3 is 4.57 Å². The largest absolute Gasteiger partial charge is 0.349 e. The Morgan fingerprint density at radius 2 is 1.84 bits per heavy atom. The highest BCUT2D eigenvalue weighted by Crippen LogP contribution is 2.34. The number of nitrogens with zero attached hydrogens (tertiary/aromatic N) is 3. The molecule has 130 valence electrons. The second kappa shape index (κ2) is 7.31. The number of amidine groups is 1. The van der Waals surface area contributed by atoms with Gasteiger partial charge in [-0.15, -0.1) is 0 Å². The number of thioether (sulfide) groups is 1. The van der Waals surface area contributed by atoms with Crippen LogP contribution in [0.1, 0.15) is 30.8 Å². The smallest absolute Gasteiger partial charge is 0.266 e. The SMILES string of the molecule is CCN1C(=O)/C(=C/c2cc(C)n(CC)c2C)SC1=Nc1ccccc1. The Morgan fingerprint density at radius 1 is 1.12 bits per heavy atom. The van der Waals surface area contributed by atoms with Crippen LogP contribution in [-0.2, 0) is 11.3 Å². The highest BCUT2D eigenvalue weighted by atomic mass is 32.2. The first kappa shape index (κ1) is 17.5. The van der Waals surface area contributed by atoms with Gasteiger partial charge in [-0.05, 0) is 69.3 Å². The molecule has 1 aliphatic rings. The molecule has 25 heavy (non-hydrogen) atoms. The van der Waals surface area contributed by atoms with E-state index in [2.05, 4.69) is 36.4 Å². The fourth-order valence-electron chi connectivity index (χ4n) is 3.08. The molecule has 0 bridgehead atoms. The Labute approximate surface area is 153 Å². The fourth-order valence-corrected chi connectivity index (χ4v) is 4.14. The first-order valence-corrected chi connectivity index (χ1v) is 9.38. The van der Waals surface area contributed by atoms with E-state index in [0.29, 0.717) is 6.54 Å². The summed E-state index contributed by atoms with van der Waals surface area (Å²) in [6.07, 6.45) is 2.00. The lowest BCUT2D eigenvalue weighted by Crippen LogP contribution is -2.28. The highest BCUT2D eigenvalue weighted by molar-refractivity contribution is 8.18. The molecular formula is C20H23N3OS. The summed E-state index contributed by atoms with van der Waals surface area (Å²) in [6.45, 7) is 9.86. The lowest BCUT2D eigenvalue weighted by molar-refractivity contribution is -0.122. The van der Waals surface area contributed by atoms with E-state index in [1.165, 1.54) is 23.1 Å². The molecule has 4 nitrogen and oxygen atoms in total. The van der Waals surface area contributed by atoms with Crippen molar-refractivity contribution in [2.75, 3.05) is 6.54 Å². The third-order valence-corrected chi connectivity index (χ3v) is 5.41. The average molecular weight is 353 g/mol. The van der Waals surface area contributed by atoms with Crippen LogP contribution in [0, 0.1) is 13.8 Å². The summed E-state index contributed by atoms with van der Waals surface area (Å²) in [5.74, 6) is 0.0310. The van der Waals surface area contributed by atoms with Crippen molar-refractivity contribution in [3.8, 4) is 0 Å². The zero-order valence-electron chi connectivity index (χ0n) is 15.1. The Bertz CT molecular complexity index is 849. The van der Waals surface area contributed by atoms with Gasteiger partial charge in [-0.3, -0.25) is 9.69 Å². The zero-order valence-corrected chi connectivity index (χ0v) is 15.9. The van der Waals surface area contributed by atoms with E-state index in [9.17, 15) is 4.79 Å². The molecule has 1 aromatic heterocycles. The maximum absolute atomic E-state index is 12.8. The van der Waals surface area contributed by atoms with Crippen molar-refractivity contribution in [2.45, 2.75) is 34.2 Å². The van der Waals surface area contributed by atoms with Crippen molar-refractivity contribution >= 4 is 34.6 Å². The molecule has 0 aliphatic carbocycles. The predicted molar refractivity (Wildman–Crippen MR) is 106 cm³/mol. The van der Waals surface area contributed by atoms with Crippen LogP contribution in [0.25, 0.3) is 6.08 Å². The highest BCUT2D eigenvalue weighted by Gasteiger charge is 2.32. The van der Waals surface area contributed by atoms with Crippen LogP contribution < -0.4 is 0 Å². The second-order valence-electron chi connectivity index (χ2n) is 5.96. The van der Waals surface area contributed by atoms with Crippen LogP contribution >= 0.6 is 11.8 Å². The van der Waals surface area contributed by atoms with Gasteiger partial charge in [0, 0.05) is 24.5 Å². The fraction of sp³-hybridized carbons (Fsp3) is 0.300. The number of hydrogen-bond donors (Lipinski definition) is 0. The van der Waals surface area contributed by atoms with Crippen molar-refractivity contribution in [3.63, 3.8) is 0 Å². The first-order chi connectivity index (χ1) is 12.0. The Hall–Kier alpha value is -2.27. The van der Waals surface area contributed by atoms with Gasteiger partial charge in [-0.2, -0.15) is 0 Å². The Morgan fingerprint density at radius 3 is 2.44 bits per heavy atom. The monoisotopic (exact) mass is 353 g/mol. The van der Waals surface area contributed by atoms with Gasteiger partial charge in [-0.25, -0.2) is 4.99 Å². The number of aliphatic imine (C=N–C) groups is 1. The van der Waals surface area contributed by atoms with Gasteiger partial charge in [0.15, 0.2) is 5.17 Å². The average Bonchev–Trinajstić information content (AvgIpc) is 3.04. The normalized spacial score (nSPS) is 17.9. The minimum atomic E-state index is 0.0310. The Balaban J connectivity index is 1.96. The van der Waals surface area contributed by atoms with Crippen LogP contribution in [0.4, 0.5) is 5.69 Å². The molecule has 1 aliphatic heterocycles. The van der Waals surface area contributed by atoms with Gasteiger partial charge >= 0.3 is 0 Å². The lowest BCUT2D eigenvalue weighted by atomic mass is 10.2. The Kier molecular flexibility index (Phi) is 5.13. The van der Waals surface area contributed by atoms with E-state index < -0.39 is 0 Å². The molecule has 0 unspecified atom stereocenters. The standard InChI is InChI=1S/C20H23N3OS/c1-5-22-14(3)12-16(15(22)4)13-18-19(24)23(6-2)20(25-18)21-17-10-8-7-9-11-17/h7-13H,5-6H2,1-4H3/b18-13-,21-20?. The van der Waals surface area contributed by atoms with Crippen molar-refractivity contribution in [3.05, 3.63) is 58.3 Å². The lowest BCUT2D eigenvalue weighted by Gasteiger charge is -2.11. The molecule has 0 saturated carbocycles. The first-order valence-electron chi connectivity index (χ1n) is 8.57. The van der Waals surface area contributed by atoms with E-state index >= 15 is 0 Å². The van der Waals surface area contributed by atoms with E-state index in [1.807, 2.05) is 43.3 Å². The van der Waals surface area contributed by atoms with Crippen molar-refractivity contribution < 1.29 is 4.79 Å². The molecule has 1 saturated heterocycles. The van der Waals surface area contributed by atoms with Crippen LogP contribution in [0.5, 0.6) is 0 Å². The van der Waals surface area contributed by atoms with Crippen molar-refractivity contribution in [2.24, 2.45) is 4.99 Å². The molecule has 2 aromatic rings. The summed E-state index contributed by atoms with van der Waals surface area (Å²) >= 11 is 1.45. The van der Waals surface area contributed by atoms with Crippen LogP contribution in [0.2, 0.25) is 0 Å². The topological polar surface area (TPSA) is 37.6 Å². The molecule has 1 aromatic carbocycles. The molecule has 0 N–H and O–H groups in total. The molecule has 0 spiro atoms. The molecule has 2 heterocycles. The molecular weight excluding hydrogens is 330 g/mol. The summed E-state index contributed by atoms with van der Waals surface area (Å²) in [5.41, 5.74) is 4.37. The number of aromatic nitrogens is 1. The van der Waals surface area contributed by atoms with Gasteiger partial charge in [0.1, 0.15) is 0 Å². The molecule has 1 fully saturated rings. The van der Waals surface area contributed by atoms with Gasteiger partial charge in [0.2, 0.25) is 0 Å². The molecule has 1 amide bonds. The van der Waals surface area contributed by atoms with Crippen LogP contribution in [0.3, 0.4) is 0 Å².